The van der Waals surface area contributed by atoms with Gasteiger partial charge in [-0.2, -0.15) is 0 Å². The Hall–Kier alpha value is -2.08. The van der Waals surface area contributed by atoms with Crippen molar-refractivity contribution in [2.24, 2.45) is 11.3 Å². The van der Waals surface area contributed by atoms with E-state index in [0.29, 0.717) is 11.5 Å². The maximum Gasteiger partial charge on any atom is 0.333 e. The Balaban J connectivity index is 1.67. The molecule has 3 aliphatic rings. The van der Waals surface area contributed by atoms with Gasteiger partial charge in [0.25, 0.3) is 11.8 Å². The van der Waals surface area contributed by atoms with Gasteiger partial charge >= 0.3 is 11.9 Å². The Labute approximate surface area is 240 Å². The Kier molecular flexibility index (Phi) is 11.5. The molecule has 0 aromatic heterocycles. The molecule has 40 heavy (non-hydrogen) atoms. The number of imide groups is 1. The first kappa shape index (κ1) is 32.4. The van der Waals surface area contributed by atoms with Gasteiger partial charge in [0.2, 0.25) is 0 Å². The third kappa shape index (κ3) is 11.4. The van der Waals surface area contributed by atoms with E-state index in [-0.39, 0.29) is 43.1 Å². The summed E-state index contributed by atoms with van der Waals surface area (Å²) < 4.78 is 5.60. The molecule has 3 aliphatic heterocycles. The van der Waals surface area contributed by atoms with Gasteiger partial charge < -0.3 is 24.3 Å². The molecular formula is C29H51N5O6. The fourth-order valence-electron chi connectivity index (χ4n) is 5.59. The van der Waals surface area contributed by atoms with E-state index < -0.39 is 23.4 Å². The second-order valence-electron chi connectivity index (χ2n) is 13.8. The molecule has 0 aromatic rings. The highest BCUT2D eigenvalue weighted by Gasteiger charge is 2.33. The summed E-state index contributed by atoms with van der Waals surface area (Å²) in [5.74, 6) is -1.40. The number of ether oxygens (including phenoxy) is 1. The molecule has 3 rings (SSSR count). The van der Waals surface area contributed by atoms with Crippen LogP contribution in [-0.2, 0) is 28.8 Å². The van der Waals surface area contributed by atoms with Crippen molar-refractivity contribution < 1.29 is 28.8 Å². The molecule has 0 N–H and O–H groups in total. The summed E-state index contributed by atoms with van der Waals surface area (Å²) in [5.41, 5.74) is -0.296. The highest BCUT2D eigenvalue weighted by atomic mass is 16.7. The van der Waals surface area contributed by atoms with E-state index in [1.165, 1.54) is 0 Å². The van der Waals surface area contributed by atoms with Crippen LogP contribution in [0.2, 0.25) is 0 Å². The van der Waals surface area contributed by atoms with Crippen LogP contribution in [0, 0.1) is 11.3 Å². The van der Waals surface area contributed by atoms with Crippen molar-refractivity contribution in [2.45, 2.75) is 72.8 Å². The molecule has 0 saturated carbocycles. The van der Waals surface area contributed by atoms with E-state index in [1.54, 1.807) is 0 Å². The summed E-state index contributed by atoms with van der Waals surface area (Å²) in [5, 5.41) is 0.635. The smallest absolute Gasteiger partial charge is 0.333 e. The van der Waals surface area contributed by atoms with Crippen molar-refractivity contribution in [3.63, 3.8) is 0 Å². The molecule has 0 aromatic carbocycles. The lowest BCUT2D eigenvalue weighted by Crippen LogP contribution is -2.52. The zero-order chi connectivity index (χ0) is 29.5. The molecule has 3 fully saturated rings. The van der Waals surface area contributed by atoms with Gasteiger partial charge in [0, 0.05) is 91.3 Å². The lowest BCUT2D eigenvalue weighted by Gasteiger charge is -2.40. The summed E-state index contributed by atoms with van der Waals surface area (Å²) in [7, 11) is 0. The van der Waals surface area contributed by atoms with Gasteiger partial charge in [0.05, 0.1) is 6.54 Å². The molecule has 0 aliphatic carbocycles. The van der Waals surface area contributed by atoms with Crippen LogP contribution in [0.25, 0.3) is 0 Å². The average Bonchev–Trinajstić information content (AvgIpc) is 3.14. The molecule has 0 radical (unpaired) electrons. The molecule has 3 saturated heterocycles. The summed E-state index contributed by atoms with van der Waals surface area (Å²) >= 11 is 0. The Bertz CT molecular complexity index is 860. The largest absolute Gasteiger partial charge is 0.459 e. The highest BCUT2D eigenvalue weighted by molar-refractivity contribution is 6.01. The third-order valence-electron chi connectivity index (χ3n) is 7.39. The minimum Gasteiger partial charge on any atom is -0.459 e. The normalized spacial score (nSPS) is 26.2. The van der Waals surface area contributed by atoms with Crippen molar-refractivity contribution in [3.05, 3.63) is 0 Å². The number of rotatable bonds is 7. The zero-order valence-electron chi connectivity index (χ0n) is 25.6. The molecule has 2 unspecified atom stereocenters. The molecule has 11 nitrogen and oxygen atoms in total. The molecule has 2 bridgehead atoms. The number of hydrogen-bond acceptors (Lipinski definition) is 10. The van der Waals surface area contributed by atoms with Gasteiger partial charge in [-0.05, 0) is 38.5 Å². The van der Waals surface area contributed by atoms with Gasteiger partial charge in [0.15, 0.2) is 0 Å². The van der Waals surface area contributed by atoms with Crippen molar-refractivity contribution in [3.8, 4) is 0 Å². The van der Waals surface area contributed by atoms with E-state index in [9.17, 15) is 19.2 Å². The minimum absolute atomic E-state index is 0.0931. The molecule has 11 heteroatoms. The molecule has 2 amide bonds. The number of hydroxylamine groups is 2. The van der Waals surface area contributed by atoms with Gasteiger partial charge in [-0.15, -0.1) is 5.06 Å². The van der Waals surface area contributed by atoms with Gasteiger partial charge in [-0.1, -0.05) is 20.8 Å². The Morgan fingerprint density at radius 1 is 0.750 bits per heavy atom. The van der Waals surface area contributed by atoms with E-state index in [1.807, 2.05) is 20.8 Å². The minimum atomic E-state index is -0.536. The van der Waals surface area contributed by atoms with Gasteiger partial charge in [0.1, 0.15) is 5.60 Å². The van der Waals surface area contributed by atoms with Crippen molar-refractivity contribution in [1.29, 1.82) is 0 Å². The van der Waals surface area contributed by atoms with Crippen molar-refractivity contribution >= 4 is 23.8 Å². The van der Waals surface area contributed by atoms with Crippen LogP contribution < -0.4 is 0 Å². The number of hydrogen-bond donors (Lipinski definition) is 0. The molecular weight excluding hydrogens is 514 g/mol. The fourth-order valence-corrected chi connectivity index (χ4v) is 5.59. The maximum atomic E-state index is 12.6. The van der Waals surface area contributed by atoms with E-state index in [4.69, 9.17) is 9.57 Å². The second-order valence-corrected chi connectivity index (χ2v) is 13.8. The standard InChI is InChI=1S/C29H51N5O6/c1-28(2,3)22-33-17-15-30-11-13-32(21-27(38)39-29(4,5)6)14-12-31(16-18-33)20-23(19-30)7-10-26(37)40-34-24(35)8-9-25(34)36/h23H,7-22H2,1-6H3. The quantitative estimate of drug-likeness (QED) is 0.334. The summed E-state index contributed by atoms with van der Waals surface area (Å²) in [6.45, 7) is 22.4. The average molecular weight is 566 g/mol. The SMILES string of the molecule is CC(C)(C)CN1CCN2CCN(CC(=O)OC(C)(C)C)CCN(CC1)CC(CCC(=O)ON1C(=O)CCC1=O)C2. The topological polar surface area (TPSA) is 103 Å². The predicted octanol–water partition coefficient (Wildman–Crippen LogP) is 1.61. The number of fused-ring (bicyclic) bond motifs is 4. The highest BCUT2D eigenvalue weighted by Crippen LogP contribution is 2.20. The fraction of sp³-hybridized carbons (Fsp3) is 0.862. The first-order valence-corrected chi connectivity index (χ1v) is 14.8. The first-order valence-electron chi connectivity index (χ1n) is 14.8. The molecule has 2 atom stereocenters. The molecule has 3 heterocycles. The predicted molar refractivity (Wildman–Crippen MR) is 151 cm³/mol. The monoisotopic (exact) mass is 565 g/mol. The zero-order valence-corrected chi connectivity index (χ0v) is 25.6. The molecule has 228 valence electrons. The number of carbonyl (C=O) groups excluding carboxylic acids is 4. The summed E-state index contributed by atoms with van der Waals surface area (Å²) in [6, 6.07) is 0. The van der Waals surface area contributed by atoms with Crippen LogP contribution in [0.5, 0.6) is 0 Å². The van der Waals surface area contributed by atoms with E-state index in [0.717, 1.165) is 72.0 Å². The summed E-state index contributed by atoms with van der Waals surface area (Å²) in [6.07, 6.45) is 0.964. The first-order chi connectivity index (χ1) is 18.7. The maximum absolute atomic E-state index is 12.6. The summed E-state index contributed by atoms with van der Waals surface area (Å²) in [4.78, 5) is 63.6. The Morgan fingerprint density at radius 3 is 1.73 bits per heavy atom. The molecule has 0 spiro atoms. The van der Waals surface area contributed by atoms with Crippen LogP contribution in [0.15, 0.2) is 0 Å². The van der Waals surface area contributed by atoms with Crippen LogP contribution in [0.3, 0.4) is 0 Å². The van der Waals surface area contributed by atoms with Crippen LogP contribution in [-0.4, -0.2) is 133 Å². The second kappa shape index (κ2) is 14.2. The van der Waals surface area contributed by atoms with Crippen molar-refractivity contribution in [1.82, 2.24) is 24.7 Å². The van der Waals surface area contributed by atoms with Gasteiger partial charge in [-0.25, -0.2) is 4.79 Å². The van der Waals surface area contributed by atoms with E-state index >= 15 is 0 Å². The number of amides is 2. The number of nitrogens with zero attached hydrogens (tertiary/aromatic N) is 5. The lowest BCUT2D eigenvalue weighted by molar-refractivity contribution is -0.197. The van der Waals surface area contributed by atoms with Crippen LogP contribution >= 0.6 is 0 Å². The Morgan fingerprint density at radius 2 is 1.25 bits per heavy atom. The third-order valence-corrected chi connectivity index (χ3v) is 7.39. The van der Waals surface area contributed by atoms with Crippen LogP contribution in [0.1, 0.15) is 67.2 Å². The van der Waals surface area contributed by atoms with Crippen molar-refractivity contribution in [2.75, 3.05) is 78.5 Å². The lowest BCUT2D eigenvalue weighted by atomic mass is 9.95. The number of carbonyl (C=O) groups is 4. The van der Waals surface area contributed by atoms with Crippen LogP contribution in [0.4, 0.5) is 0 Å². The van der Waals surface area contributed by atoms with E-state index in [2.05, 4.69) is 40.4 Å². The number of esters is 1. The van der Waals surface area contributed by atoms with Gasteiger partial charge in [-0.3, -0.25) is 19.3 Å².